The molecule has 0 saturated heterocycles. The molecule has 0 saturated carbocycles. The quantitative estimate of drug-likeness (QED) is 0.130. The van der Waals surface area contributed by atoms with Crippen LogP contribution < -0.4 is 14.5 Å². The first kappa shape index (κ1) is 39.3. The SMILES string of the molecule is [2H]C([2H])([2H])c1cccc(-c2ccccc2)c1CCCN1CN(c2cccc(COc3ccc4c5ccccc5n(-c5cc(-c6ccc(C(C)(C)C)cc6C(C)(C)C)ccn5)c4c3)c2)c2ccccc21. The second-order valence-corrected chi connectivity index (χ2v) is 19.8. The Morgan fingerprint density at radius 3 is 2.21 bits per heavy atom. The molecule has 0 spiro atoms. The van der Waals surface area contributed by atoms with E-state index >= 15 is 0 Å². The molecule has 0 fully saturated rings. The summed E-state index contributed by atoms with van der Waals surface area (Å²) in [5, 5.41) is 2.31. The lowest BCUT2D eigenvalue weighted by Gasteiger charge is -2.27. The van der Waals surface area contributed by atoms with Crippen molar-refractivity contribution in [2.45, 2.75) is 78.7 Å². The van der Waals surface area contributed by atoms with Crippen LogP contribution in [0.2, 0.25) is 0 Å². The minimum Gasteiger partial charge on any atom is -0.489 e. The number of ether oxygens (including phenoxy) is 1. The van der Waals surface area contributed by atoms with Gasteiger partial charge in [0.2, 0.25) is 0 Å². The van der Waals surface area contributed by atoms with Crippen molar-refractivity contribution in [3.8, 4) is 33.8 Å². The normalized spacial score (nSPS) is 13.8. The van der Waals surface area contributed by atoms with Crippen molar-refractivity contribution < 1.29 is 8.85 Å². The molecule has 0 amide bonds. The highest BCUT2D eigenvalue weighted by molar-refractivity contribution is 6.09. The zero-order chi connectivity index (χ0) is 48.1. The van der Waals surface area contributed by atoms with Crippen molar-refractivity contribution in [3.05, 3.63) is 204 Å². The Bertz CT molecular complexity index is 3320. The van der Waals surface area contributed by atoms with E-state index in [-0.39, 0.29) is 10.8 Å². The van der Waals surface area contributed by atoms with Gasteiger partial charge < -0.3 is 14.5 Å². The Balaban J connectivity index is 0.895. The maximum absolute atomic E-state index is 8.36. The third kappa shape index (κ3) is 8.35. The van der Waals surface area contributed by atoms with Gasteiger partial charge in [0.05, 0.1) is 29.1 Å². The number of para-hydroxylation sites is 3. The van der Waals surface area contributed by atoms with Crippen LogP contribution in [0.15, 0.2) is 176 Å². The Morgan fingerprint density at radius 1 is 0.621 bits per heavy atom. The molecule has 0 aliphatic carbocycles. The molecular weight excluding hydrogens is 805 g/mol. The van der Waals surface area contributed by atoms with Crippen LogP contribution in [0.4, 0.5) is 17.1 Å². The first-order valence-electron chi connectivity index (χ1n) is 24.8. The fourth-order valence-electron chi connectivity index (χ4n) is 9.74. The number of nitrogens with zero attached hydrogens (tertiary/aromatic N) is 4. The molecule has 0 radical (unpaired) electrons. The van der Waals surface area contributed by atoms with E-state index in [0.717, 1.165) is 80.1 Å². The maximum atomic E-state index is 8.36. The number of fused-ring (bicyclic) bond motifs is 4. The van der Waals surface area contributed by atoms with Crippen molar-refractivity contribution in [2.75, 3.05) is 23.0 Å². The summed E-state index contributed by atoms with van der Waals surface area (Å²) in [6.07, 6.45) is 3.40. The molecule has 2 aromatic heterocycles. The molecule has 1 aliphatic heterocycles. The number of hydrogen-bond acceptors (Lipinski definition) is 4. The van der Waals surface area contributed by atoms with Crippen molar-refractivity contribution in [3.63, 3.8) is 0 Å². The van der Waals surface area contributed by atoms with Crippen LogP contribution in [-0.2, 0) is 23.9 Å². The van der Waals surface area contributed by atoms with Gasteiger partial charge in [-0.1, -0.05) is 151 Å². The maximum Gasteiger partial charge on any atom is 0.138 e. The average molecular weight is 868 g/mol. The van der Waals surface area contributed by atoms with Gasteiger partial charge in [0.1, 0.15) is 18.2 Å². The van der Waals surface area contributed by atoms with Crippen molar-refractivity contribution in [1.29, 1.82) is 0 Å². The smallest absolute Gasteiger partial charge is 0.138 e. The zero-order valence-corrected chi connectivity index (χ0v) is 39.0. The van der Waals surface area contributed by atoms with E-state index in [4.69, 9.17) is 13.8 Å². The van der Waals surface area contributed by atoms with Gasteiger partial charge in [0, 0.05) is 39.4 Å². The summed E-state index contributed by atoms with van der Waals surface area (Å²) in [4.78, 5) is 9.77. The minimum atomic E-state index is -2.19. The summed E-state index contributed by atoms with van der Waals surface area (Å²) in [7, 11) is 0. The fraction of sp³-hybridized carbons (Fsp3) is 0.230. The number of anilines is 3. The first-order chi connectivity index (χ1) is 33.1. The van der Waals surface area contributed by atoms with Crippen LogP contribution in [0.5, 0.6) is 5.75 Å². The Labute approximate surface area is 395 Å². The molecule has 1 aliphatic rings. The average Bonchev–Trinajstić information content (AvgIpc) is 3.88. The van der Waals surface area contributed by atoms with Gasteiger partial charge in [-0.3, -0.25) is 4.57 Å². The first-order valence-corrected chi connectivity index (χ1v) is 23.3. The second-order valence-electron chi connectivity index (χ2n) is 19.8. The summed E-state index contributed by atoms with van der Waals surface area (Å²) >= 11 is 0. The molecule has 3 heterocycles. The standard InChI is InChI=1S/C61H60N4O/c1-42-18-15-24-50(44-20-9-8-10-21-44)49(42)25-17-35-63-41-64(57-28-14-13-27-56(57)63)47-22-16-19-43(36-47)40-66-48-30-32-53-52-23-11-12-26-55(52)65(58(53)39-48)59-37-45(33-34-62-59)51-31-29-46(60(2,3)4)38-54(51)61(5,6)7/h8-16,18-24,26-34,36-39H,17,25,35,40-41H2,1-7H3/i1D3. The van der Waals surface area contributed by atoms with Crippen LogP contribution in [0, 0.1) is 6.85 Å². The molecule has 0 bridgehead atoms. The molecule has 330 valence electrons. The van der Waals surface area contributed by atoms with Gasteiger partial charge in [0.15, 0.2) is 0 Å². The second kappa shape index (κ2) is 17.4. The largest absolute Gasteiger partial charge is 0.489 e. The van der Waals surface area contributed by atoms with Crippen LogP contribution in [0.1, 0.15) is 79.9 Å². The molecule has 9 aromatic rings. The van der Waals surface area contributed by atoms with E-state index in [1.165, 1.54) is 27.8 Å². The lowest BCUT2D eigenvalue weighted by Crippen LogP contribution is -2.29. The Hall–Kier alpha value is -7.11. The highest BCUT2D eigenvalue weighted by Gasteiger charge is 2.27. The van der Waals surface area contributed by atoms with Crippen LogP contribution in [0.25, 0.3) is 49.9 Å². The minimum absolute atomic E-state index is 0.0480. The van der Waals surface area contributed by atoms with Crippen LogP contribution in [0.3, 0.4) is 0 Å². The summed E-state index contributed by atoms with van der Waals surface area (Å²) in [6.45, 7) is 13.4. The van der Waals surface area contributed by atoms with E-state index < -0.39 is 6.85 Å². The van der Waals surface area contributed by atoms with Gasteiger partial charge in [-0.15, -0.1) is 0 Å². The molecule has 0 N–H and O–H groups in total. The summed E-state index contributed by atoms with van der Waals surface area (Å²) in [5.41, 5.74) is 15.0. The summed E-state index contributed by atoms with van der Waals surface area (Å²) in [5.74, 6) is 1.65. The number of benzene rings is 7. The topological polar surface area (TPSA) is 33.5 Å². The van der Waals surface area contributed by atoms with Crippen molar-refractivity contribution in [2.24, 2.45) is 0 Å². The molecule has 0 atom stereocenters. The number of aryl methyl sites for hydroxylation is 1. The Morgan fingerprint density at radius 2 is 1.39 bits per heavy atom. The van der Waals surface area contributed by atoms with E-state index in [9.17, 15) is 0 Å². The lowest BCUT2D eigenvalue weighted by atomic mass is 9.77. The summed E-state index contributed by atoms with van der Waals surface area (Å²) < 4.78 is 34.0. The van der Waals surface area contributed by atoms with Crippen molar-refractivity contribution >= 4 is 38.9 Å². The van der Waals surface area contributed by atoms with Crippen molar-refractivity contribution in [1.82, 2.24) is 9.55 Å². The Kier molecular flexibility index (Phi) is 10.3. The van der Waals surface area contributed by atoms with Gasteiger partial charge in [-0.05, 0) is 135 Å². The fourth-order valence-corrected chi connectivity index (χ4v) is 9.74. The highest BCUT2D eigenvalue weighted by atomic mass is 16.5. The molecule has 66 heavy (non-hydrogen) atoms. The van der Waals surface area contributed by atoms with E-state index in [1.807, 2.05) is 30.5 Å². The number of aromatic nitrogens is 2. The predicted octanol–water partition coefficient (Wildman–Crippen LogP) is 15.5. The van der Waals surface area contributed by atoms with Crippen LogP contribution >= 0.6 is 0 Å². The zero-order valence-electron chi connectivity index (χ0n) is 42.0. The monoisotopic (exact) mass is 867 g/mol. The summed E-state index contributed by atoms with van der Waals surface area (Å²) in [6, 6.07) is 59.3. The van der Waals surface area contributed by atoms with Gasteiger partial charge in [-0.25, -0.2) is 4.98 Å². The lowest BCUT2D eigenvalue weighted by molar-refractivity contribution is 0.306. The third-order valence-electron chi connectivity index (χ3n) is 13.2. The highest BCUT2D eigenvalue weighted by Crippen LogP contribution is 2.42. The number of pyridine rings is 1. The van der Waals surface area contributed by atoms with E-state index in [1.54, 1.807) is 6.07 Å². The van der Waals surface area contributed by atoms with Crippen LogP contribution in [-0.4, -0.2) is 22.8 Å². The van der Waals surface area contributed by atoms with E-state index in [0.29, 0.717) is 25.3 Å². The predicted molar refractivity (Wildman–Crippen MR) is 278 cm³/mol. The molecule has 0 unspecified atom stereocenters. The van der Waals surface area contributed by atoms with Gasteiger partial charge in [-0.2, -0.15) is 0 Å². The van der Waals surface area contributed by atoms with Gasteiger partial charge >= 0.3 is 0 Å². The van der Waals surface area contributed by atoms with Gasteiger partial charge in [0.25, 0.3) is 0 Å². The molecule has 10 rings (SSSR count). The number of rotatable bonds is 11. The number of hydrogen-bond donors (Lipinski definition) is 0. The molecule has 5 nitrogen and oxygen atoms in total. The molecular formula is C61H60N4O. The van der Waals surface area contributed by atoms with E-state index in [2.05, 4.69) is 195 Å². The molecule has 7 aromatic carbocycles. The third-order valence-corrected chi connectivity index (χ3v) is 13.2. The molecule has 5 heteroatoms.